The molecule has 0 aromatic rings. The summed E-state index contributed by atoms with van der Waals surface area (Å²) in [7, 11) is 0. The predicted molar refractivity (Wildman–Crippen MR) is 40.6 cm³/mol. The highest BCUT2D eigenvalue weighted by Gasteiger charge is 2.19. The van der Waals surface area contributed by atoms with Crippen LogP contribution >= 0.6 is 0 Å². The Kier molecular flexibility index (Phi) is 2.57. The molecule has 2 atom stereocenters. The molecule has 0 saturated heterocycles. The third kappa shape index (κ3) is 1.64. The highest BCUT2D eigenvalue weighted by Crippen LogP contribution is 2.26. The molecule has 2 unspecified atom stereocenters. The van der Waals surface area contributed by atoms with Gasteiger partial charge in [-0.25, -0.2) is 0 Å². The van der Waals surface area contributed by atoms with Gasteiger partial charge in [0.15, 0.2) is 0 Å². The van der Waals surface area contributed by atoms with Crippen LogP contribution in [0.4, 0.5) is 0 Å². The summed E-state index contributed by atoms with van der Waals surface area (Å²) in [6.07, 6.45) is 4.85. The second-order valence-corrected chi connectivity index (χ2v) is 3.03. The van der Waals surface area contributed by atoms with Gasteiger partial charge in [-0.2, -0.15) is 0 Å². The second-order valence-electron chi connectivity index (χ2n) is 3.03. The van der Waals surface area contributed by atoms with Gasteiger partial charge in [0, 0.05) is 11.0 Å². The van der Waals surface area contributed by atoms with Gasteiger partial charge in [0.1, 0.15) is 0 Å². The average molecular weight is 139 g/mol. The Morgan fingerprint density at radius 2 is 2.10 bits per heavy atom. The van der Waals surface area contributed by atoms with E-state index in [4.69, 9.17) is 5.53 Å². The zero-order valence-corrected chi connectivity index (χ0v) is 6.32. The van der Waals surface area contributed by atoms with Gasteiger partial charge in [-0.1, -0.05) is 31.3 Å². The van der Waals surface area contributed by atoms with Gasteiger partial charge in [0.05, 0.1) is 0 Å². The first kappa shape index (κ1) is 7.42. The molecule has 0 amide bonds. The van der Waals surface area contributed by atoms with Crippen molar-refractivity contribution in [1.29, 1.82) is 0 Å². The van der Waals surface area contributed by atoms with Crippen molar-refractivity contribution in [2.24, 2.45) is 11.0 Å². The van der Waals surface area contributed by atoms with Crippen LogP contribution < -0.4 is 0 Å². The van der Waals surface area contributed by atoms with E-state index in [1.54, 1.807) is 0 Å². The Morgan fingerprint density at radius 1 is 1.40 bits per heavy atom. The molecule has 0 spiro atoms. The molecule has 0 radical (unpaired) electrons. The Balaban J connectivity index is 2.47. The summed E-state index contributed by atoms with van der Waals surface area (Å²) in [5.41, 5.74) is 8.19. The summed E-state index contributed by atoms with van der Waals surface area (Å²) in [6.45, 7) is 2.17. The predicted octanol–water partition coefficient (Wildman–Crippen LogP) is 2.88. The molecule has 1 aliphatic rings. The standard InChI is InChI=1S/C7H13N3/c1-6-4-2-3-5-7(6)9-10-8/h6-7H,2-5H2,1H3. The van der Waals surface area contributed by atoms with E-state index in [2.05, 4.69) is 16.9 Å². The van der Waals surface area contributed by atoms with Crippen LogP contribution in [-0.2, 0) is 0 Å². The van der Waals surface area contributed by atoms with Gasteiger partial charge in [0.25, 0.3) is 0 Å². The Morgan fingerprint density at radius 3 is 2.70 bits per heavy atom. The van der Waals surface area contributed by atoms with E-state index in [1.807, 2.05) is 0 Å². The zero-order valence-electron chi connectivity index (χ0n) is 6.32. The summed E-state index contributed by atoms with van der Waals surface area (Å²) in [6, 6.07) is 0.277. The fourth-order valence-electron chi connectivity index (χ4n) is 1.53. The minimum atomic E-state index is 0.277. The molecule has 0 aliphatic heterocycles. The van der Waals surface area contributed by atoms with Crippen molar-refractivity contribution < 1.29 is 0 Å². The molecule has 0 N–H and O–H groups in total. The average Bonchev–Trinajstić information content (AvgIpc) is 1.94. The van der Waals surface area contributed by atoms with Crippen LogP contribution in [0.5, 0.6) is 0 Å². The largest absolute Gasteiger partial charge is 0.0903 e. The summed E-state index contributed by atoms with van der Waals surface area (Å²) >= 11 is 0. The van der Waals surface area contributed by atoms with Gasteiger partial charge in [0.2, 0.25) is 0 Å². The lowest BCUT2D eigenvalue weighted by Crippen LogP contribution is -2.19. The maximum Gasteiger partial charge on any atom is 0.0399 e. The topological polar surface area (TPSA) is 48.8 Å². The summed E-state index contributed by atoms with van der Waals surface area (Å²) in [4.78, 5) is 2.83. The Bertz CT molecular complexity index is 149. The van der Waals surface area contributed by atoms with E-state index in [9.17, 15) is 0 Å². The van der Waals surface area contributed by atoms with Crippen molar-refractivity contribution in [2.75, 3.05) is 0 Å². The zero-order chi connectivity index (χ0) is 7.40. The molecular weight excluding hydrogens is 126 g/mol. The van der Waals surface area contributed by atoms with Gasteiger partial charge >= 0.3 is 0 Å². The molecule has 0 bridgehead atoms. The molecule has 0 aromatic carbocycles. The van der Waals surface area contributed by atoms with Crippen molar-refractivity contribution in [3.05, 3.63) is 10.4 Å². The first-order valence-corrected chi connectivity index (χ1v) is 3.89. The lowest BCUT2D eigenvalue weighted by molar-refractivity contribution is 0.330. The molecule has 3 heteroatoms. The van der Waals surface area contributed by atoms with E-state index in [0.717, 1.165) is 6.42 Å². The van der Waals surface area contributed by atoms with Crippen LogP contribution in [0.1, 0.15) is 32.6 Å². The third-order valence-corrected chi connectivity index (χ3v) is 2.27. The molecule has 0 aromatic heterocycles. The number of hydrogen-bond acceptors (Lipinski definition) is 1. The first-order chi connectivity index (χ1) is 4.84. The molecule has 0 heterocycles. The SMILES string of the molecule is CC1CCCCC1N=[N+]=[N-]. The maximum atomic E-state index is 8.19. The number of azide groups is 1. The molecule has 1 aliphatic carbocycles. The van der Waals surface area contributed by atoms with Crippen LogP contribution in [0.15, 0.2) is 5.11 Å². The van der Waals surface area contributed by atoms with Crippen molar-refractivity contribution in [1.82, 2.24) is 0 Å². The monoisotopic (exact) mass is 139 g/mol. The van der Waals surface area contributed by atoms with E-state index in [0.29, 0.717) is 5.92 Å². The van der Waals surface area contributed by atoms with Gasteiger partial charge < -0.3 is 0 Å². The fourth-order valence-corrected chi connectivity index (χ4v) is 1.53. The highest BCUT2D eigenvalue weighted by atomic mass is 15.1. The van der Waals surface area contributed by atoms with E-state index >= 15 is 0 Å². The molecule has 10 heavy (non-hydrogen) atoms. The van der Waals surface area contributed by atoms with Crippen molar-refractivity contribution in [3.63, 3.8) is 0 Å². The van der Waals surface area contributed by atoms with Crippen LogP contribution in [0.3, 0.4) is 0 Å². The lowest BCUT2D eigenvalue weighted by Gasteiger charge is -2.23. The van der Waals surface area contributed by atoms with E-state index in [1.165, 1.54) is 19.3 Å². The smallest absolute Gasteiger partial charge is 0.0399 e. The van der Waals surface area contributed by atoms with Crippen LogP contribution in [0, 0.1) is 5.92 Å². The van der Waals surface area contributed by atoms with Crippen molar-refractivity contribution >= 4 is 0 Å². The molecule has 1 rings (SSSR count). The van der Waals surface area contributed by atoms with E-state index < -0.39 is 0 Å². The van der Waals surface area contributed by atoms with Gasteiger partial charge in [-0.15, -0.1) is 0 Å². The van der Waals surface area contributed by atoms with Gasteiger partial charge in [-0.05, 0) is 17.9 Å². The first-order valence-electron chi connectivity index (χ1n) is 3.89. The van der Waals surface area contributed by atoms with Crippen LogP contribution in [-0.4, -0.2) is 6.04 Å². The fraction of sp³-hybridized carbons (Fsp3) is 1.00. The number of rotatable bonds is 1. The number of nitrogens with zero attached hydrogens (tertiary/aromatic N) is 3. The molecule has 1 saturated carbocycles. The summed E-state index contributed by atoms with van der Waals surface area (Å²) in [5, 5.41) is 3.75. The normalized spacial score (nSPS) is 32.9. The highest BCUT2D eigenvalue weighted by molar-refractivity contribution is 4.77. The molecular formula is C7H13N3. The van der Waals surface area contributed by atoms with Gasteiger partial charge in [-0.3, -0.25) is 0 Å². The molecule has 1 fully saturated rings. The maximum absolute atomic E-state index is 8.19. The third-order valence-electron chi connectivity index (χ3n) is 2.27. The van der Waals surface area contributed by atoms with Crippen LogP contribution in [0.2, 0.25) is 0 Å². The molecule has 3 nitrogen and oxygen atoms in total. The van der Waals surface area contributed by atoms with E-state index in [-0.39, 0.29) is 6.04 Å². The van der Waals surface area contributed by atoms with Crippen molar-refractivity contribution in [3.8, 4) is 0 Å². The Labute approximate surface area is 61.1 Å². The van der Waals surface area contributed by atoms with Crippen LogP contribution in [0.25, 0.3) is 10.4 Å². The number of hydrogen-bond donors (Lipinski definition) is 0. The Hall–Kier alpha value is -0.690. The van der Waals surface area contributed by atoms with Crippen molar-refractivity contribution in [2.45, 2.75) is 38.6 Å². The molecule has 56 valence electrons. The lowest BCUT2D eigenvalue weighted by atomic mass is 9.87. The second kappa shape index (κ2) is 3.47. The quantitative estimate of drug-likeness (QED) is 0.304. The summed E-state index contributed by atoms with van der Waals surface area (Å²) < 4.78 is 0. The minimum absolute atomic E-state index is 0.277. The minimum Gasteiger partial charge on any atom is -0.0903 e. The summed E-state index contributed by atoms with van der Waals surface area (Å²) in [5.74, 6) is 0.602.